The molecule has 1 unspecified atom stereocenters. The van der Waals surface area contributed by atoms with Gasteiger partial charge in [0.25, 0.3) is 0 Å². The second-order valence-electron chi connectivity index (χ2n) is 12.9. The first kappa shape index (κ1) is 27.7. The smallest absolute Gasteiger partial charge is 0.410 e. The lowest BCUT2D eigenvalue weighted by Crippen LogP contribution is -2.36. The number of benzene rings is 2. The Morgan fingerprint density at radius 3 is 2.73 bits per heavy atom. The molecular formula is C34H32ClFN4O3S. The van der Waals surface area contributed by atoms with Gasteiger partial charge in [-0.3, -0.25) is 9.47 Å². The second kappa shape index (κ2) is 10.1. The standard InChI is InChI=1S/C34H32ClFN4O3S/c1-34(2,3)43-33(41)39-12-4-5-25(39)31-37-17-23(38-31)19-8-9-24-20(13-19)14-26-30-22(36)15-21(35)16-27(30)42-32(40(24)26)29-11-10-28(44-29)18-6-7-18/h8-11,13-18,25,32H,4-7,12H2,1-3H3,(H,37,38)/t25-,32?/m1/s1. The van der Waals surface area contributed by atoms with Gasteiger partial charge in [0.2, 0.25) is 6.23 Å². The minimum atomic E-state index is -0.562. The fourth-order valence-electron chi connectivity index (χ4n) is 6.43. The summed E-state index contributed by atoms with van der Waals surface area (Å²) in [5.41, 5.74) is 3.34. The number of thiophene rings is 1. The molecule has 5 heterocycles. The largest absolute Gasteiger partial charge is 0.464 e. The normalized spacial score (nSPS) is 19.6. The number of hydrogen-bond donors (Lipinski definition) is 1. The highest BCUT2D eigenvalue weighted by atomic mass is 35.5. The van der Waals surface area contributed by atoms with Crippen molar-refractivity contribution in [3.05, 3.63) is 81.1 Å². The number of nitrogens with one attached hydrogen (secondary N) is 1. The molecule has 226 valence electrons. The van der Waals surface area contributed by atoms with Crippen LogP contribution in [0.3, 0.4) is 0 Å². The molecule has 1 amide bonds. The van der Waals surface area contributed by atoms with E-state index < -0.39 is 17.6 Å². The molecule has 1 saturated carbocycles. The lowest BCUT2D eigenvalue weighted by molar-refractivity contribution is 0.0218. The number of hydrogen-bond acceptors (Lipinski definition) is 5. The Morgan fingerprint density at radius 1 is 1.11 bits per heavy atom. The third kappa shape index (κ3) is 4.77. The number of nitrogens with zero attached hydrogens (tertiary/aromatic N) is 3. The zero-order valence-electron chi connectivity index (χ0n) is 24.7. The van der Waals surface area contributed by atoms with E-state index in [1.807, 2.05) is 39.1 Å². The first-order valence-corrected chi connectivity index (χ1v) is 16.3. The van der Waals surface area contributed by atoms with Crippen molar-refractivity contribution in [1.82, 2.24) is 19.4 Å². The molecule has 5 aromatic rings. The number of aromatic nitrogens is 3. The highest BCUT2D eigenvalue weighted by Crippen LogP contribution is 2.50. The molecule has 2 fully saturated rings. The van der Waals surface area contributed by atoms with Gasteiger partial charge in [-0.05, 0) is 94.8 Å². The van der Waals surface area contributed by atoms with Gasteiger partial charge < -0.3 is 14.5 Å². The Hall–Kier alpha value is -3.82. The van der Waals surface area contributed by atoms with Gasteiger partial charge in [-0.2, -0.15) is 0 Å². The number of fused-ring (bicyclic) bond motifs is 5. The van der Waals surface area contributed by atoms with Crippen LogP contribution in [-0.2, 0) is 4.74 Å². The van der Waals surface area contributed by atoms with Gasteiger partial charge in [-0.1, -0.05) is 17.7 Å². The number of halogens is 2. The van der Waals surface area contributed by atoms with Gasteiger partial charge in [-0.15, -0.1) is 11.3 Å². The van der Waals surface area contributed by atoms with Crippen LogP contribution in [0.1, 0.15) is 80.2 Å². The number of H-pyrrole nitrogens is 1. The van der Waals surface area contributed by atoms with E-state index in [1.54, 1.807) is 22.3 Å². The quantitative estimate of drug-likeness (QED) is 0.215. The minimum absolute atomic E-state index is 0.167. The van der Waals surface area contributed by atoms with Crippen LogP contribution in [0.25, 0.3) is 33.4 Å². The average Bonchev–Trinajstić information content (AvgIpc) is 3.39. The third-order valence-electron chi connectivity index (χ3n) is 8.56. The predicted molar refractivity (Wildman–Crippen MR) is 170 cm³/mol. The molecule has 1 N–H and O–H groups in total. The summed E-state index contributed by atoms with van der Waals surface area (Å²) in [6, 6.07) is 15.4. The number of rotatable bonds is 4. The molecule has 7 nitrogen and oxygen atoms in total. The van der Waals surface area contributed by atoms with Gasteiger partial charge in [0, 0.05) is 27.4 Å². The summed E-state index contributed by atoms with van der Waals surface area (Å²) < 4.78 is 29.7. The van der Waals surface area contributed by atoms with E-state index in [0.29, 0.717) is 28.8 Å². The topological polar surface area (TPSA) is 72.4 Å². The Bertz CT molecular complexity index is 1930. The summed E-state index contributed by atoms with van der Waals surface area (Å²) in [6.45, 7) is 6.26. The van der Waals surface area contributed by atoms with Crippen molar-refractivity contribution in [2.24, 2.45) is 0 Å². The van der Waals surface area contributed by atoms with Crippen molar-refractivity contribution in [3.8, 4) is 28.3 Å². The average molecular weight is 631 g/mol. The third-order valence-corrected chi connectivity index (χ3v) is 10.1. The molecule has 2 aliphatic heterocycles. The SMILES string of the molecule is CC(C)(C)OC(=O)N1CCC[C@@H]1c1ncc(-c2ccc3c(c2)cc2n3C(c3ccc(C4CC4)s3)Oc3cc(Cl)cc(F)c3-2)[nH]1. The molecule has 2 atom stereocenters. The van der Waals surface area contributed by atoms with Crippen LogP contribution in [0, 0.1) is 5.82 Å². The number of carbonyl (C=O) groups excluding carboxylic acids is 1. The lowest BCUT2D eigenvalue weighted by atomic mass is 10.1. The van der Waals surface area contributed by atoms with E-state index in [2.05, 4.69) is 38.8 Å². The fraction of sp³-hybridized carbons (Fsp3) is 0.353. The summed E-state index contributed by atoms with van der Waals surface area (Å²) in [5, 5.41) is 1.26. The van der Waals surface area contributed by atoms with Crippen molar-refractivity contribution >= 4 is 39.9 Å². The monoisotopic (exact) mass is 630 g/mol. The van der Waals surface area contributed by atoms with Gasteiger partial charge in [0.15, 0.2) is 0 Å². The predicted octanol–water partition coefficient (Wildman–Crippen LogP) is 9.44. The van der Waals surface area contributed by atoms with Gasteiger partial charge in [0.1, 0.15) is 23.0 Å². The fourth-order valence-corrected chi connectivity index (χ4v) is 7.83. The molecule has 2 aromatic carbocycles. The molecule has 0 radical (unpaired) electrons. The summed E-state index contributed by atoms with van der Waals surface area (Å²) in [5.74, 6) is 1.41. The van der Waals surface area contributed by atoms with Crippen molar-refractivity contribution in [2.45, 2.75) is 70.2 Å². The van der Waals surface area contributed by atoms with Crippen LogP contribution < -0.4 is 4.74 Å². The molecule has 44 heavy (non-hydrogen) atoms. The maximum atomic E-state index is 15.4. The first-order chi connectivity index (χ1) is 21.1. The van der Waals surface area contributed by atoms with E-state index in [4.69, 9.17) is 21.1 Å². The van der Waals surface area contributed by atoms with Crippen molar-refractivity contribution in [2.75, 3.05) is 6.54 Å². The highest BCUT2D eigenvalue weighted by Gasteiger charge is 2.36. The van der Waals surface area contributed by atoms with E-state index >= 15 is 4.39 Å². The number of imidazole rings is 1. The number of carbonyl (C=O) groups is 1. The van der Waals surface area contributed by atoms with E-state index in [-0.39, 0.29) is 12.1 Å². The minimum Gasteiger partial charge on any atom is -0.464 e. The summed E-state index contributed by atoms with van der Waals surface area (Å²) >= 11 is 8.03. The van der Waals surface area contributed by atoms with Crippen LogP contribution >= 0.6 is 22.9 Å². The number of amides is 1. The maximum absolute atomic E-state index is 15.4. The van der Waals surface area contributed by atoms with Gasteiger partial charge >= 0.3 is 6.09 Å². The van der Waals surface area contributed by atoms with Crippen LogP contribution in [0.4, 0.5) is 9.18 Å². The molecule has 1 aliphatic carbocycles. The van der Waals surface area contributed by atoms with Crippen molar-refractivity contribution in [1.29, 1.82) is 0 Å². The van der Waals surface area contributed by atoms with Crippen LogP contribution in [0.15, 0.2) is 54.7 Å². The molecule has 1 saturated heterocycles. The summed E-state index contributed by atoms with van der Waals surface area (Å²) in [6.07, 6.45) is 5.22. The van der Waals surface area contributed by atoms with Crippen LogP contribution in [0.2, 0.25) is 5.02 Å². The lowest BCUT2D eigenvalue weighted by Gasteiger charge is -2.29. The summed E-state index contributed by atoms with van der Waals surface area (Å²) in [4.78, 5) is 25.2. The molecular weight excluding hydrogens is 599 g/mol. The van der Waals surface area contributed by atoms with Crippen molar-refractivity contribution in [3.63, 3.8) is 0 Å². The first-order valence-electron chi connectivity index (χ1n) is 15.1. The molecule has 0 bridgehead atoms. The highest BCUT2D eigenvalue weighted by molar-refractivity contribution is 7.12. The zero-order chi connectivity index (χ0) is 30.3. The Balaban J connectivity index is 1.17. The van der Waals surface area contributed by atoms with Crippen LogP contribution in [-0.4, -0.2) is 37.7 Å². The molecule has 3 aromatic heterocycles. The molecule has 0 spiro atoms. The second-order valence-corrected chi connectivity index (χ2v) is 14.5. The number of likely N-dealkylation sites (tertiary alicyclic amines) is 1. The van der Waals surface area contributed by atoms with E-state index in [1.165, 1.54) is 23.8 Å². The number of ether oxygens (including phenoxy) is 2. The molecule has 8 rings (SSSR count). The molecule has 10 heteroatoms. The Kier molecular flexibility index (Phi) is 6.36. The Labute approximate surface area is 263 Å². The summed E-state index contributed by atoms with van der Waals surface area (Å²) in [7, 11) is 0. The maximum Gasteiger partial charge on any atom is 0.410 e. The zero-order valence-corrected chi connectivity index (χ0v) is 26.3. The van der Waals surface area contributed by atoms with Crippen LogP contribution in [0.5, 0.6) is 5.75 Å². The Morgan fingerprint density at radius 2 is 1.93 bits per heavy atom. The van der Waals surface area contributed by atoms with Gasteiger partial charge in [0.05, 0.1) is 39.6 Å². The van der Waals surface area contributed by atoms with E-state index in [9.17, 15) is 4.79 Å². The van der Waals surface area contributed by atoms with Gasteiger partial charge in [-0.25, -0.2) is 14.2 Å². The number of aromatic amines is 1. The molecule has 3 aliphatic rings. The van der Waals surface area contributed by atoms with Crippen molar-refractivity contribution < 1.29 is 18.7 Å². The van der Waals surface area contributed by atoms with E-state index in [0.717, 1.165) is 51.4 Å².